The van der Waals surface area contributed by atoms with E-state index in [1.165, 1.54) is 0 Å². The maximum atomic E-state index is 12.3. The Labute approximate surface area is 132 Å². The van der Waals surface area contributed by atoms with Crippen molar-refractivity contribution >= 4 is 33.4 Å². The van der Waals surface area contributed by atoms with Gasteiger partial charge in [-0.1, -0.05) is 11.6 Å². The van der Waals surface area contributed by atoms with Crippen LogP contribution in [0, 0.1) is 5.92 Å². The van der Waals surface area contributed by atoms with Gasteiger partial charge in [0.25, 0.3) is 5.91 Å². The molecular weight excluding hydrogens is 344 g/mol. The number of ether oxygens (including phenoxy) is 1. The van der Waals surface area contributed by atoms with Crippen LogP contribution in [0.15, 0.2) is 22.7 Å². The predicted octanol–water partition coefficient (Wildman–Crippen LogP) is 2.68. The topological polar surface area (TPSA) is 55.6 Å². The highest BCUT2D eigenvalue weighted by atomic mass is 79.9. The van der Waals surface area contributed by atoms with Gasteiger partial charge >= 0.3 is 0 Å². The van der Waals surface area contributed by atoms with Crippen LogP contribution in [-0.4, -0.2) is 36.5 Å². The van der Waals surface area contributed by atoms with Crippen LogP contribution in [0.3, 0.4) is 0 Å². The molecule has 1 aromatic carbocycles. The quantitative estimate of drug-likeness (QED) is 0.897. The van der Waals surface area contributed by atoms with Crippen LogP contribution in [0.5, 0.6) is 5.75 Å². The van der Waals surface area contributed by atoms with Crippen molar-refractivity contribution < 1.29 is 9.53 Å². The Balaban J connectivity index is 1.97. The SMILES string of the molecule is C[C@@H](Oc1ccc(Cl)cc1Br)C(=O)N1CC[C@H](CN)C1. The molecule has 2 atom stereocenters. The predicted molar refractivity (Wildman–Crippen MR) is 83.0 cm³/mol. The third kappa shape index (κ3) is 3.65. The number of carbonyl (C=O) groups excluding carboxylic acids is 1. The molecule has 1 saturated heterocycles. The number of hydrogen-bond donors (Lipinski definition) is 1. The van der Waals surface area contributed by atoms with Gasteiger partial charge in [-0.05, 0) is 59.9 Å². The largest absolute Gasteiger partial charge is 0.480 e. The Bertz CT molecular complexity index is 498. The molecule has 0 saturated carbocycles. The van der Waals surface area contributed by atoms with E-state index in [1.54, 1.807) is 25.1 Å². The molecule has 110 valence electrons. The maximum Gasteiger partial charge on any atom is 0.263 e. The first-order valence-corrected chi connectivity index (χ1v) is 7.79. The second kappa shape index (κ2) is 6.78. The molecule has 0 aliphatic carbocycles. The molecule has 4 nitrogen and oxygen atoms in total. The Kier molecular flexibility index (Phi) is 5.29. The maximum absolute atomic E-state index is 12.3. The Morgan fingerprint density at radius 2 is 2.40 bits per heavy atom. The lowest BCUT2D eigenvalue weighted by atomic mass is 10.1. The smallest absolute Gasteiger partial charge is 0.263 e. The molecule has 0 spiro atoms. The van der Waals surface area contributed by atoms with Crippen LogP contribution in [0.25, 0.3) is 0 Å². The first kappa shape index (κ1) is 15.6. The van der Waals surface area contributed by atoms with Crippen molar-refractivity contribution in [3.8, 4) is 5.75 Å². The highest BCUT2D eigenvalue weighted by molar-refractivity contribution is 9.10. The van der Waals surface area contributed by atoms with E-state index in [-0.39, 0.29) is 5.91 Å². The number of nitrogens with two attached hydrogens (primary N) is 1. The fourth-order valence-electron chi connectivity index (χ4n) is 2.29. The summed E-state index contributed by atoms with van der Waals surface area (Å²) in [6, 6.07) is 5.23. The molecule has 0 bridgehead atoms. The summed E-state index contributed by atoms with van der Waals surface area (Å²) in [6.45, 7) is 3.88. The lowest BCUT2D eigenvalue weighted by Gasteiger charge is -2.22. The molecule has 20 heavy (non-hydrogen) atoms. The van der Waals surface area contributed by atoms with Gasteiger partial charge in [-0.2, -0.15) is 0 Å². The van der Waals surface area contributed by atoms with Crippen molar-refractivity contribution in [1.82, 2.24) is 4.90 Å². The summed E-state index contributed by atoms with van der Waals surface area (Å²) in [5.74, 6) is 1.03. The zero-order valence-electron chi connectivity index (χ0n) is 11.3. The zero-order chi connectivity index (χ0) is 14.7. The van der Waals surface area contributed by atoms with Crippen LogP contribution in [-0.2, 0) is 4.79 Å². The van der Waals surface area contributed by atoms with Crippen LogP contribution < -0.4 is 10.5 Å². The molecule has 2 rings (SSSR count). The molecule has 0 unspecified atom stereocenters. The van der Waals surface area contributed by atoms with Gasteiger partial charge in [-0.15, -0.1) is 0 Å². The number of benzene rings is 1. The number of halogens is 2. The standard InChI is InChI=1S/C14H18BrClN2O2/c1-9(14(19)18-5-4-10(7-17)8-18)20-13-3-2-11(16)6-12(13)15/h2-3,6,9-10H,4-5,7-8,17H2,1H3/t9-,10-/m1/s1. The minimum atomic E-state index is -0.524. The molecule has 1 aliphatic heterocycles. The lowest BCUT2D eigenvalue weighted by molar-refractivity contribution is -0.137. The Morgan fingerprint density at radius 3 is 3.00 bits per heavy atom. The van der Waals surface area contributed by atoms with Gasteiger partial charge in [-0.25, -0.2) is 0 Å². The van der Waals surface area contributed by atoms with Gasteiger partial charge in [0.1, 0.15) is 5.75 Å². The van der Waals surface area contributed by atoms with Crippen LogP contribution in [0.2, 0.25) is 5.02 Å². The summed E-state index contributed by atoms with van der Waals surface area (Å²) in [4.78, 5) is 14.1. The number of carbonyl (C=O) groups is 1. The highest BCUT2D eigenvalue weighted by Gasteiger charge is 2.29. The van der Waals surface area contributed by atoms with Gasteiger partial charge in [-0.3, -0.25) is 4.79 Å². The first-order chi connectivity index (χ1) is 9.51. The van der Waals surface area contributed by atoms with E-state index < -0.39 is 6.10 Å². The van der Waals surface area contributed by atoms with Gasteiger partial charge in [0.2, 0.25) is 0 Å². The van der Waals surface area contributed by atoms with Crippen molar-refractivity contribution in [2.75, 3.05) is 19.6 Å². The van der Waals surface area contributed by atoms with Gasteiger partial charge in [0, 0.05) is 18.1 Å². The van der Waals surface area contributed by atoms with E-state index in [4.69, 9.17) is 22.1 Å². The zero-order valence-corrected chi connectivity index (χ0v) is 13.7. The van der Waals surface area contributed by atoms with E-state index in [0.29, 0.717) is 23.2 Å². The van der Waals surface area contributed by atoms with E-state index in [9.17, 15) is 4.79 Å². The van der Waals surface area contributed by atoms with Crippen molar-refractivity contribution in [3.05, 3.63) is 27.7 Å². The van der Waals surface area contributed by atoms with E-state index in [2.05, 4.69) is 15.9 Å². The van der Waals surface area contributed by atoms with Gasteiger partial charge < -0.3 is 15.4 Å². The minimum Gasteiger partial charge on any atom is -0.480 e. The first-order valence-electron chi connectivity index (χ1n) is 6.62. The van der Waals surface area contributed by atoms with Crippen LogP contribution in [0.1, 0.15) is 13.3 Å². The van der Waals surface area contributed by atoms with Crippen molar-refractivity contribution in [1.29, 1.82) is 0 Å². The molecule has 1 aliphatic rings. The van der Waals surface area contributed by atoms with Crippen molar-refractivity contribution in [2.24, 2.45) is 11.7 Å². The number of amides is 1. The van der Waals surface area contributed by atoms with Crippen molar-refractivity contribution in [2.45, 2.75) is 19.4 Å². The molecule has 1 heterocycles. The average Bonchev–Trinajstić information content (AvgIpc) is 2.89. The summed E-state index contributed by atoms with van der Waals surface area (Å²) in [6.07, 6.45) is 0.448. The summed E-state index contributed by atoms with van der Waals surface area (Å²) >= 11 is 9.26. The van der Waals surface area contributed by atoms with E-state index in [0.717, 1.165) is 24.0 Å². The monoisotopic (exact) mass is 360 g/mol. The average molecular weight is 362 g/mol. The fourth-order valence-corrected chi connectivity index (χ4v) is 3.07. The van der Waals surface area contributed by atoms with E-state index >= 15 is 0 Å². The Morgan fingerprint density at radius 1 is 1.65 bits per heavy atom. The highest BCUT2D eigenvalue weighted by Crippen LogP contribution is 2.29. The number of likely N-dealkylation sites (tertiary alicyclic amines) is 1. The summed E-state index contributed by atoms with van der Waals surface area (Å²) in [7, 11) is 0. The second-order valence-electron chi connectivity index (χ2n) is 5.01. The number of rotatable bonds is 4. The molecule has 2 N–H and O–H groups in total. The number of nitrogens with zero attached hydrogens (tertiary/aromatic N) is 1. The molecule has 6 heteroatoms. The molecule has 1 amide bonds. The molecule has 1 fully saturated rings. The third-order valence-corrected chi connectivity index (χ3v) is 4.33. The van der Waals surface area contributed by atoms with E-state index in [1.807, 2.05) is 4.90 Å². The molecule has 1 aromatic rings. The van der Waals surface area contributed by atoms with Crippen LogP contribution in [0.4, 0.5) is 0 Å². The number of hydrogen-bond acceptors (Lipinski definition) is 3. The summed E-state index contributed by atoms with van der Waals surface area (Å²) in [5.41, 5.74) is 5.64. The molecule has 0 aromatic heterocycles. The normalized spacial score (nSPS) is 20.0. The molecular formula is C14H18BrClN2O2. The van der Waals surface area contributed by atoms with Gasteiger partial charge in [0.05, 0.1) is 4.47 Å². The summed E-state index contributed by atoms with van der Waals surface area (Å²) in [5, 5.41) is 0.619. The summed E-state index contributed by atoms with van der Waals surface area (Å²) < 4.78 is 6.46. The Hall–Kier alpha value is -0.780. The van der Waals surface area contributed by atoms with Gasteiger partial charge in [0.15, 0.2) is 6.10 Å². The second-order valence-corrected chi connectivity index (χ2v) is 6.30. The lowest BCUT2D eigenvalue weighted by Crippen LogP contribution is -2.39. The molecule has 0 radical (unpaired) electrons. The van der Waals surface area contributed by atoms with Crippen molar-refractivity contribution in [3.63, 3.8) is 0 Å². The third-order valence-electron chi connectivity index (χ3n) is 3.48. The fraction of sp³-hybridized carbons (Fsp3) is 0.500. The van der Waals surface area contributed by atoms with Crippen LogP contribution >= 0.6 is 27.5 Å². The minimum absolute atomic E-state index is 0.00259.